The van der Waals surface area contributed by atoms with Gasteiger partial charge in [0.25, 0.3) is 5.69 Å². The molecule has 2 aromatic carbocycles. The van der Waals surface area contributed by atoms with Crippen molar-refractivity contribution in [1.82, 2.24) is 0 Å². The largest absolute Gasteiger partial charge is 0.507 e. The highest BCUT2D eigenvalue weighted by molar-refractivity contribution is 5.83. The zero-order chi connectivity index (χ0) is 16.8. The van der Waals surface area contributed by atoms with Gasteiger partial charge in [-0.05, 0) is 29.8 Å². The molecule has 3 N–H and O–H groups in total. The van der Waals surface area contributed by atoms with Crippen LogP contribution in [0.4, 0.5) is 5.69 Å². The van der Waals surface area contributed by atoms with Crippen molar-refractivity contribution in [3.8, 4) is 5.75 Å². The Morgan fingerprint density at radius 1 is 1.17 bits per heavy atom. The summed E-state index contributed by atoms with van der Waals surface area (Å²) < 4.78 is 0. The number of para-hydroxylation sites is 1. The van der Waals surface area contributed by atoms with Crippen LogP contribution in [0.5, 0.6) is 5.75 Å². The molecule has 0 bridgehead atoms. The molecular formula is C16H16N2O5. The van der Waals surface area contributed by atoms with Crippen molar-refractivity contribution < 1.29 is 20.2 Å². The van der Waals surface area contributed by atoms with Gasteiger partial charge in [-0.3, -0.25) is 15.1 Å². The number of benzene rings is 2. The van der Waals surface area contributed by atoms with Gasteiger partial charge < -0.3 is 15.3 Å². The number of hydrogen-bond acceptors (Lipinski definition) is 6. The monoisotopic (exact) mass is 316 g/mol. The fraction of sp³-hybridized carbons (Fsp3) is 0.188. The Morgan fingerprint density at radius 2 is 1.83 bits per heavy atom. The van der Waals surface area contributed by atoms with Crippen molar-refractivity contribution in [3.05, 3.63) is 69.8 Å². The van der Waals surface area contributed by atoms with Gasteiger partial charge in [-0.15, -0.1) is 0 Å². The molecule has 0 aromatic heterocycles. The van der Waals surface area contributed by atoms with Gasteiger partial charge in [0, 0.05) is 23.9 Å². The van der Waals surface area contributed by atoms with Gasteiger partial charge in [-0.25, -0.2) is 0 Å². The van der Waals surface area contributed by atoms with E-state index in [0.29, 0.717) is 11.1 Å². The summed E-state index contributed by atoms with van der Waals surface area (Å²) in [5, 5.41) is 39.9. The van der Waals surface area contributed by atoms with E-state index < -0.39 is 23.7 Å². The van der Waals surface area contributed by atoms with Crippen molar-refractivity contribution in [2.24, 2.45) is 4.99 Å². The summed E-state index contributed by atoms with van der Waals surface area (Å²) in [7, 11) is 0. The maximum absolute atomic E-state index is 10.6. The van der Waals surface area contributed by atoms with Crippen molar-refractivity contribution in [2.45, 2.75) is 12.1 Å². The Labute approximate surface area is 132 Å². The van der Waals surface area contributed by atoms with Gasteiger partial charge in [0.05, 0.1) is 11.5 Å². The normalized spacial score (nSPS) is 13.8. The molecule has 0 aliphatic carbocycles. The van der Waals surface area contributed by atoms with Crippen LogP contribution in [0.15, 0.2) is 53.5 Å². The number of rotatable bonds is 6. The van der Waals surface area contributed by atoms with Gasteiger partial charge in [0.2, 0.25) is 0 Å². The van der Waals surface area contributed by atoms with Crippen molar-refractivity contribution in [3.63, 3.8) is 0 Å². The first kappa shape index (κ1) is 16.6. The summed E-state index contributed by atoms with van der Waals surface area (Å²) >= 11 is 0. The number of nitro benzene ring substituents is 1. The van der Waals surface area contributed by atoms with Crippen molar-refractivity contribution in [1.29, 1.82) is 0 Å². The van der Waals surface area contributed by atoms with Gasteiger partial charge in [0.15, 0.2) is 0 Å². The number of hydrogen-bond donors (Lipinski definition) is 3. The van der Waals surface area contributed by atoms with Gasteiger partial charge in [-0.2, -0.15) is 0 Å². The fourth-order valence-corrected chi connectivity index (χ4v) is 2.02. The van der Waals surface area contributed by atoms with E-state index in [0.717, 1.165) is 0 Å². The van der Waals surface area contributed by atoms with Crippen LogP contribution in [0, 0.1) is 10.1 Å². The van der Waals surface area contributed by atoms with Crippen LogP contribution in [-0.2, 0) is 0 Å². The van der Waals surface area contributed by atoms with Crippen LogP contribution >= 0.6 is 0 Å². The molecule has 0 saturated heterocycles. The van der Waals surface area contributed by atoms with Crippen LogP contribution in [0.25, 0.3) is 0 Å². The molecule has 7 heteroatoms. The number of phenols is 1. The number of nitrogens with zero attached hydrogens (tertiary/aromatic N) is 2. The van der Waals surface area contributed by atoms with E-state index in [4.69, 9.17) is 0 Å². The SMILES string of the molecule is O=[N+]([O-])c1ccc([C@@H](O)[C@@H](CO)N=Cc2ccccc2O)cc1. The minimum absolute atomic E-state index is 0.0396. The summed E-state index contributed by atoms with van der Waals surface area (Å²) in [6.07, 6.45) is 0.244. The molecule has 120 valence electrons. The minimum Gasteiger partial charge on any atom is -0.507 e. The molecule has 0 aliphatic rings. The Morgan fingerprint density at radius 3 is 2.39 bits per heavy atom. The number of nitro groups is 1. The predicted molar refractivity (Wildman–Crippen MR) is 84.6 cm³/mol. The van der Waals surface area contributed by atoms with Crippen molar-refractivity contribution in [2.75, 3.05) is 6.61 Å². The average molecular weight is 316 g/mol. The molecule has 23 heavy (non-hydrogen) atoms. The standard InChI is InChI=1S/C16H16N2O5/c19-10-14(17-9-12-3-1-2-4-15(12)20)16(21)11-5-7-13(8-6-11)18(22)23/h1-9,14,16,19-21H,10H2/t14-,16-/m1/s1. The molecule has 0 aliphatic heterocycles. The number of aliphatic imine (C=N–C) groups is 1. The highest BCUT2D eigenvalue weighted by atomic mass is 16.6. The molecule has 0 saturated carbocycles. The van der Waals surface area contributed by atoms with E-state index in [1.165, 1.54) is 36.5 Å². The second-order valence-corrected chi connectivity index (χ2v) is 4.88. The maximum Gasteiger partial charge on any atom is 0.269 e. The molecule has 2 rings (SSSR count). The first-order chi connectivity index (χ1) is 11.0. The van der Waals surface area contributed by atoms with Crippen LogP contribution < -0.4 is 0 Å². The molecule has 0 unspecified atom stereocenters. The lowest BCUT2D eigenvalue weighted by atomic mass is 10.0. The summed E-state index contributed by atoms with van der Waals surface area (Å²) in [6, 6.07) is 11.1. The first-order valence-electron chi connectivity index (χ1n) is 6.87. The number of non-ortho nitro benzene ring substituents is 1. The lowest BCUT2D eigenvalue weighted by Gasteiger charge is -2.17. The molecule has 0 heterocycles. The molecule has 2 aromatic rings. The molecule has 2 atom stereocenters. The smallest absolute Gasteiger partial charge is 0.269 e. The number of aromatic hydroxyl groups is 1. The van der Waals surface area contributed by atoms with Crippen LogP contribution in [0.1, 0.15) is 17.2 Å². The van der Waals surface area contributed by atoms with Crippen LogP contribution in [-0.4, -0.2) is 39.1 Å². The van der Waals surface area contributed by atoms with Crippen LogP contribution in [0.3, 0.4) is 0 Å². The molecule has 0 fully saturated rings. The number of phenolic OH excluding ortho intramolecular Hbond substituents is 1. The second-order valence-electron chi connectivity index (χ2n) is 4.88. The lowest BCUT2D eigenvalue weighted by molar-refractivity contribution is -0.384. The Bertz CT molecular complexity index is 700. The summed E-state index contributed by atoms with van der Waals surface area (Å²) in [6.45, 7) is -0.414. The first-order valence-corrected chi connectivity index (χ1v) is 6.87. The third kappa shape index (κ3) is 4.12. The van der Waals surface area contributed by atoms with Crippen LogP contribution in [0.2, 0.25) is 0 Å². The predicted octanol–water partition coefficient (Wildman–Crippen LogP) is 1.81. The van der Waals surface area contributed by atoms with Crippen molar-refractivity contribution >= 4 is 11.9 Å². The molecule has 0 spiro atoms. The highest BCUT2D eigenvalue weighted by Gasteiger charge is 2.20. The lowest BCUT2D eigenvalue weighted by Crippen LogP contribution is -2.21. The second kappa shape index (κ2) is 7.48. The Kier molecular flexibility index (Phi) is 5.40. The van der Waals surface area contributed by atoms with Gasteiger partial charge >= 0.3 is 0 Å². The Hall–Kier alpha value is -2.77. The van der Waals surface area contributed by atoms with E-state index in [1.807, 2.05) is 0 Å². The van der Waals surface area contributed by atoms with E-state index in [2.05, 4.69) is 4.99 Å². The van der Waals surface area contributed by atoms with E-state index in [1.54, 1.807) is 18.2 Å². The molecule has 7 nitrogen and oxygen atoms in total. The molecule has 0 radical (unpaired) electrons. The summed E-state index contributed by atoms with van der Waals surface area (Å²) in [5.41, 5.74) is 0.783. The zero-order valence-electron chi connectivity index (χ0n) is 12.1. The number of aliphatic hydroxyl groups is 2. The maximum atomic E-state index is 10.6. The topological polar surface area (TPSA) is 116 Å². The molecule has 0 amide bonds. The fourth-order valence-electron chi connectivity index (χ4n) is 2.02. The van der Waals surface area contributed by atoms with E-state index in [-0.39, 0.29) is 11.4 Å². The highest BCUT2D eigenvalue weighted by Crippen LogP contribution is 2.22. The average Bonchev–Trinajstić information content (AvgIpc) is 2.56. The van der Waals surface area contributed by atoms with Gasteiger partial charge in [-0.1, -0.05) is 12.1 Å². The van der Waals surface area contributed by atoms with Gasteiger partial charge in [0.1, 0.15) is 17.9 Å². The quantitative estimate of drug-likeness (QED) is 0.427. The summed E-state index contributed by atoms with van der Waals surface area (Å²) in [5.74, 6) is 0.0396. The Balaban J connectivity index is 2.16. The third-order valence-electron chi connectivity index (χ3n) is 3.34. The summed E-state index contributed by atoms with van der Waals surface area (Å²) in [4.78, 5) is 14.2. The third-order valence-corrected chi connectivity index (χ3v) is 3.34. The molecular weight excluding hydrogens is 300 g/mol. The zero-order valence-corrected chi connectivity index (χ0v) is 12.1. The van der Waals surface area contributed by atoms with E-state index in [9.17, 15) is 25.4 Å². The minimum atomic E-state index is -1.12. The van der Waals surface area contributed by atoms with E-state index >= 15 is 0 Å². The number of aliphatic hydroxyl groups excluding tert-OH is 2.